The molecule has 2 heterocycles. The summed E-state index contributed by atoms with van der Waals surface area (Å²) in [5.41, 5.74) is 2.61. The van der Waals surface area contributed by atoms with E-state index in [1.165, 1.54) is 24.0 Å². The zero-order chi connectivity index (χ0) is 15.4. The Morgan fingerprint density at radius 3 is 2.77 bits per heavy atom. The van der Waals surface area contributed by atoms with Crippen LogP contribution in [-0.2, 0) is 6.42 Å². The molecule has 0 saturated carbocycles. The first-order valence-electron chi connectivity index (χ1n) is 8.20. The largest absolute Gasteiger partial charge is 0.337 e. The molecular weight excluding hydrogens is 290 g/mol. The fraction of sp³-hybridized carbons (Fsp3) is 0.421. The van der Waals surface area contributed by atoms with Crippen molar-refractivity contribution in [3.63, 3.8) is 0 Å². The number of thiophene rings is 1. The van der Waals surface area contributed by atoms with Crippen molar-refractivity contribution in [2.75, 3.05) is 13.1 Å². The molecule has 2 aromatic rings. The number of unbranched alkanes of at least 4 members (excludes halogenated alkanes) is 2. The lowest BCUT2D eigenvalue weighted by Gasteiger charge is -2.33. The Morgan fingerprint density at radius 1 is 1.18 bits per heavy atom. The summed E-state index contributed by atoms with van der Waals surface area (Å²) in [6, 6.07) is 12.8. The molecule has 0 fully saturated rings. The van der Waals surface area contributed by atoms with Crippen LogP contribution in [0.2, 0.25) is 0 Å². The van der Waals surface area contributed by atoms with Crippen molar-refractivity contribution in [2.45, 2.75) is 38.5 Å². The molecule has 1 aromatic heterocycles. The first kappa shape index (κ1) is 15.3. The topological polar surface area (TPSA) is 20.3 Å². The number of amides is 1. The van der Waals surface area contributed by atoms with Crippen molar-refractivity contribution in [3.8, 4) is 0 Å². The fourth-order valence-electron chi connectivity index (χ4n) is 3.22. The third kappa shape index (κ3) is 3.25. The van der Waals surface area contributed by atoms with Crippen LogP contribution in [0.15, 0.2) is 41.8 Å². The van der Waals surface area contributed by atoms with Gasteiger partial charge >= 0.3 is 0 Å². The molecule has 0 N–H and O–H groups in total. The molecule has 1 aliphatic rings. The van der Waals surface area contributed by atoms with E-state index in [0.29, 0.717) is 5.92 Å². The minimum Gasteiger partial charge on any atom is -0.337 e. The monoisotopic (exact) mass is 313 g/mol. The number of hydrogen-bond acceptors (Lipinski definition) is 2. The van der Waals surface area contributed by atoms with Crippen LogP contribution >= 0.6 is 11.3 Å². The smallest absolute Gasteiger partial charge is 0.264 e. The summed E-state index contributed by atoms with van der Waals surface area (Å²) in [6.07, 6.45) is 4.52. The maximum absolute atomic E-state index is 12.6. The van der Waals surface area contributed by atoms with Gasteiger partial charge in [-0.3, -0.25) is 4.79 Å². The molecule has 0 spiro atoms. The maximum Gasteiger partial charge on any atom is 0.264 e. The number of carbonyl (C=O) groups excluding carboxylic acids is 1. The van der Waals surface area contributed by atoms with Gasteiger partial charge in [-0.1, -0.05) is 50.1 Å². The molecule has 1 aliphatic heterocycles. The average Bonchev–Trinajstić information content (AvgIpc) is 3.03. The molecular formula is C19H23NOS. The Morgan fingerprint density at radius 2 is 2.00 bits per heavy atom. The van der Waals surface area contributed by atoms with Gasteiger partial charge in [0.1, 0.15) is 0 Å². The Bertz CT molecular complexity index is 619. The lowest BCUT2D eigenvalue weighted by molar-refractivity contribution is 0.0724. The first-order valence-corrected chi connectivity index (χ1v) is 9.08. The summed E-state index contributed by atoms with van der Waals surface area (Å²) in [5.74, 6) is 0.674. The minimum absolute atomic E-state index is 0.241. The third-order valence-electron chi connectivity index (χ3n) is 4.41. The summed E-state index contributed by atoms with van der Waals surface area (Å²) in [7, 11) is 0. The number of hydrogen-bond donors (Lipinski definition) is 0. The van der Waals surface area contributed by atoms with Gasteiger partial charge < -0.3 is 4.90 Å². The Balaban J connectivity index is 1.78. The van der Waals surface area contributed by atoms with Gasteiger partial charge in [-0.15, -0.1) is 11.3 Å². The molecule has 1 amide bonds. The molecule has 0 bridgehead atoms. The van der Waals surface area contributed by atoms with Crippen molar-refractivity contribution in [1.29, 1.82) is 0 Å². The van der Waals surface area contributed by atoms with E-state index in [9.17, 15) is 4.79 Å². The molecule has 3 heteroatoms. The lowest BCUT2D eigenvalue weighted by Crippen LogP contribution is -2.40. The van der Waals surface area contributed by atoms with Gasteiger partial charge in [0.15, 0.2) is 0 Å². The summed E-state index contributed by atoms with van der Waals surface area (Å²) < 4.78 is 0. The summed E-state index contributed by atoms with van der Waals surface area (Å²) >= 11 is 1.60. The lowest BCUT2D eigenvalue weighted by atomic mass is 9.89. The van der Waals surface area contributed by atoms with E-state index in [4.69, 9.17) is 0 Å². The van der Waals surface area contributed by atoms with Crippen LogP contribution in [-0.4, -0.2) is 23.9 Å². The average molecular weight is 313 g/mol. The molecule has 1 unspecified atom stereocenters. The zero-order valence-corrected chi connectivity index (χ0v) is 13.9. The van der Waals surface area contributed by atoms with Gasteiger partial charge in [0, 0.05) is 19.0 Å². The van der Waals surface area contributed by atoms with Gasteiger partial charge in [-0.25, -0.2) is 0 Å². The van der Waals surface area contributed by atoms with Crippen LogP contribution in [0.4, 0.5) is 0 Å². The van der Waals surface area contributed by atoms with Gasteiger partial charge in [-0.2, -0.15) is 0 Å². The summed E-state index contributed by atoms with van der Waals surface area (Å²) in [5, 5.41) is 2.07. The van der Waals surface area contributed by atoms with Crippen LogP contribution in [0.5, 0.6) is 0 Å². The molecule has 1 aromatic carbocycles. The van der Waals surface area contributed by atoms with Crippen molar-refractivity contribution < 1.29 is 4.79 Å². The number of nitrogens with zero attached hydrogens (tertiary/aromatic N) is 1. The number of fused-ring (bicyclic) bond motifs is 1. The fourth-order valence-corrected chi connectivity index (χ4v) is 4.18. The highest BCUT2D eigenvalue weighted by Gasteiger charge is 2.31. The quantitative estimate of drug-likeness (QED) is 0.707. The number of benzene rings is 1. The van der Waals surface area contributed by atoms with E-state index in [-0.39, 0.29) is 5.91 Å². The molecule has 3 rings (SSSR count). The van der Waals surface area contributed by atoms with Crippen molar-refractivity contribution in [1.82, 2.24) is 4.90 Å². The van der Waals surface area contributed by atoms with Gasteiger partial charge in [0.2, 0.25) is 0 Å². The SMILES string of the molecule is CCCCCN1CC(Cc2ccccc2)c2ccsc2C1=O. The highest BCUT2D eigenvalue weighted by molar-refractivity contribution is 7.12. The van der Waals surface area contributed by atoms with E-state index < -0.39 is 0 Å². The second-order valence-electron chi connectivity index (χ2n) is 6.05. The van der Waals surface area contributed by atoms with Gasteiger partial charge in [0.05, 0.1) is 4.88 Å². The second-order valence-corrected chi connectivity index (χ2v) is 6.97. The Kier molecular flexibility index (Phi) is 4.94. The van der Waals surface area contributed by atoms with E-state index in [1.54, 1.807) is 11.3 Å². The predicted octanol–water partition coefficient (Wildman–Crippen LogP) is 4.72. The molecule has 1 atom stereocenters. The van der Waals surface area contributed by atoms with Crippen molar-refractivity contribution in [3.05, 3.63) is 57.8 Å². The zero-order valence-electron chi connectivity index (χ0n) is 13.1. The highest BCUT2D eigenvalue weighted by atomic mass is 32.1. The predicted molar refractivity (Wildman–Crippen MR) is 92.6 cm³/mol. The van der Waals surface area contributed by atoms with E-state index in [2.05, 4.69) is 53.6 Å². The molecule has 0 radical (unpaired) electrons. The van der Waals surface area contributed by atoms with E-state index >= 15 is 0 Å². The van der Waals surface area contributed by atoms with Crippen LogP contribution in [0.25, 0.3) is 0 Å². The highest BCUT2D eigenvalue weighted by Crippen LogP contribution is 2.34. The maximum atomic E-state index is 12.6. The van der Waals surface area contributed by atoms with Crippen molar-refractivity contribution >= 4 is 17.2 Å². The number of rotatable bonds is 6. The van der Waals surface area contributed by atoms with Crippen molar-refractivity contribution in [2.24, 2.45) is 0 Å². The molecule has 2 nitrogen and oxygen atoms in total. The first-order chi connectivity index (χ1) is 10.8. The van der Waals surface area contributed by atoms with Crippen LogP contribution < -0.4 is 0 Å². The summed E-state index contributed by atoms with van der Waals surface area (Å²) in [6.45, 7) is 3.96. The molecule has 116 valence electrons. The van der Waals surface area contributed by atoms with E-state index in [0.717, 1.165) is 30.8 Å². The standard InChI is InChI=1S/C19H23NOS/c1-2-3-7-11-20-14-16(13-15-8-5-4-6-9-15)17-10-12-22-18(17)19(20)21/h4-6,8-10,12,16H,2-3,7,11,13-14H2,1H3. The second kappa shape index (κ2) is 7.10. The molecule has 0 aliphatic carbocycles. The van der Waals surface area contributed by atoms with Gasteiger partial charge in [0.25, 0.3) is 5.91 Å². The Labute approximate surface area is 136 Å². The minimum atomic E-state index is 0.241. The van der Waals surface area contributed by atoms with Crippen LogP contribution in [0.3, 0.4) is 0 Å². The third-order valence-corrected chi connectivity index (χ3v) is 5.33. The number of carbonyl (C=O) groups is 1. The Hall–Kier alpha value is -1.61. The molecule has 0 saturated heterocycles. The van der Waals surface area contributed by atoms with Crippen LogP contribution in [0, 0.1) is 0 Å². The van der Waals surface area contributed by atoms with Gasteiger partial charge in [-0.05, 0) is 35.4 Å². The summed E-state index contributed by atoms with van der Waals surface area (Å²) in [4.78, 5) is 15.6. The molecule has 22 heavy (non-hydrogen) atoms. The van der Waals surface area contributed by atoms with Crippen LogP contribution in [0.1, 0.15) is 52.9 Å². The normalized spacial score (nSPS) is 17.6. The van der Waals surface area contributed by atoms with E-state index in [1.807, 2.05) is 0 Å².